The number of carbonyl (C=O) groups is 1. The van der Waals surface area contributed by atoms with Gasteiger partial charge in [-0.05, 0) is 35.9 Å². The lowest BCUT2D eigenvalue weighted by molar-refractivity contribution is -0.114. The Balaban J connectivity index is 1.26. The summed E-state index contributed by atoms with van der Waals surface area (Å²) in [5, 5.41) is 13.9. The number of β-amino-alcohol motifs (C(OH)–C–C–N with tert-alkyl or cyclic N) is 1. The lowest BCUT2D eigenvalue weighted by Gasteiger charge is -2.39. The average Bonchev–Trinajstić information content (AvgIpc) is 3.06. The van der Waals surface area contributed by atoms with E-state index >= 15 is 0 Å². The topological polar surface area (TPSA) is 71.0 Å². The molecule has 2 aliphatic rings. The van der Waals surface area contributed by atoms with Crippen LogP contribution in [0.3, 0.4) is 0 Å². The quantitative estimate of drug-likeness (QED) is 0.733. The minimum absolute atomic E-state index is 0.151. The SMILES string of the molecule is CC(=O)Nc1ccccc1OC[C@H](O)CN1CCC2(CC1)Cc1cc(Cl)ccc1O2. The van der Waals surface area contributed by atoms with E-state index in [1.807, 2.05) is 30.3 Å². The summed E-state index contributed by atoms with van der Waals surface area (Å²) in [7, 11) is 0. The molecule has 6 nitrogen and oxygen atoms in total. The number of para-hydroxylation sites is 2. The third kappa shape index (κ3) is 4.89. The Morgan fingerprint density at radius 2 is 2.07 bits per heavy atom. The molecule has 2 aliphatic heterocycles. The van der Waals surface area contributed by atoms with Gasteiger partial charge < -0.3 is 24.8 Å². The molecule has 2 N–H and O–H groups in total. The largest absolute Gasteiger partial charge is 0.489 e. The van der Waals surface area contributed by atoms with Gasteiger partial charge in [0.05, 0.1) is 5.69 Å². The highest BCUT2D eigenvalue weighted by molar-refractivity contribution is 6.30. The Morgan fingerprint density at radius 3 is 2.83 bits per heavy atom. The van der Waals surface area contributed by atoms with Crippen LogP contribution in [0, 0.1) is 0 Å². The second-order valence-electron chi connectivity index (χ2n) is 8.16. The number of fused-ring (bicyclic) bond motifs is 1. The standard InChI is InChI=1S/C23H27ClN2O4/c1-16(27)25-20-4-2-3-5-22(20)29-15-19(28)14-26-10-8-23(9-11-26)13-17-12-18(24)6-7-21(17)30-23/h2-7,12,19,28H,8-11,13-15H2,1H3,(H,25,27)/t19-/m1/s1. The predicted molar refractivity (Wildman–Crippen MR) is 116 cm³/mol. The zero-order valence-electron chi connectivity index (χ0n) is 17.1. The summed E-state index contributed by atoms with van der Waals surface area (Å²) in [5.41, 5.74) is 1.64. The van der Waals surface area contributed by atoms with Crippen LogP contribution in [0.4, 0.5) is 5.69 Å². The number of nitrogens with zero attached hydrogens (tertiary/aromatic N) is 1. The lowest BCUT2D eigenvalue weighted by Crippen LogP contribution is -2.49. The van der Waals surface area contributed by atoms with Gasteiger partial charge in [-0.2, -0.15) is 0 Å². The van der Waals surface area contributed by atoms with Gasteiger partial charge in [0, 0.05) is 50.8 Å². The molecule has 1 amide bonds. The van der Waals surface area contributed by atoms with Crippen molar-refractivity contribution in [1.82, 2.24) is 4.90 Å². The molecule has 0 aromatic heterocycles. The first kappa shape index (κ1) is 21.0. The first-order chi connectivity index (χ1) is 14.4. The van der Waals surface area contributed by atoms with E-state index in [1.165, 1.54) is 12.5 Å². The fourth-order valence-electron chi connectivity index (χ4n) is 4.25. The molecular weight excluding hydrogens is 404 g/mol. The van der Waals surface area contributed by atoms with Crippen molar-refractivity contribution in [3.8, 4) is 11.5 Å². The van der Waals surface area contributed by atoms with Crippen molar-refractivity contribution >= 4 is 23.2 Å². The Hall–Kier alpha value is -2.28. The van der Waals surface area contributed by atoms with Crippen LogP contribution in [0.25, 0.3) is 0 Å². The van der Waals surface area contributed by atoms with Crippen LogP contribution in [0.15, 0.2) is 42.5 Å². The molecule has 160 valence electrons. The maximum atomic E-state index is 11.3. The number of hydrogen-bond donors (Lipinski definition) is 2. The second-order valence-corrected chi connectivity index (χ2v) is 8.59. The molecule has 4 rings (SSSR count). The molecular formula is C23H27ClN2O4. The number of nitrogens with one attached hydrogen (secondary N) is 1. The number of aliphatic hydroxyl groups is 1. The molecule has 7 heteroatoms. The zero-order valence-corrected chi connectivity index (χ0v) is 17.8. The Labute approximate surface area is 181 Å². The van der Waals surface area contributed by atoms with Crippen molar-refractivity contribution in [3.63, 3.8) is 0 Å². The van der Waals surface area contributed by atoms with E-state index in [0.29, 0.717) is 18.0 Å². The highest BCUT2D eigenvalue weighted by Gasteiger charge is 2.42. The first-order valence-corrected chi connectivity index (χ1v) is 10.7. The Kier molecular flexibility index (Phi) is 6.18. The van der Waals surface area contributed by atoms with Gasteiger partial charge in [-0.25, -0.2) is 0 Å². The summed E-state index contributed by atoms with van der Waals surface area (Å²) < 4.78 is 12.0. The summed E-state index contributed by atoms with van der Waals surface area (Å²) in [6.07, 6.45) is 2.10. The molecule has 1 spiro atoms. The van der Waals surface area contributed by atoms with Crippen molar-refractivity contribution in [2.45, 2.75) is 37.9 Å². The third-order valence-electron chi connectivity index (χ3n) is 5.73. The second kappa shape index (κ2) is 8.84. The number of hydrogen-bond acceptors (Lipinski definition) is 5. The molecule has 2 heterocycles. The predicted octanol–water partition coefficient (Wildman–Crippen LogP) is 3.51. The van der Waals surface area contributed by atoms with E-state index in [1.54, 1.807) is 12.1 Å². The minimum Gasteiger partial charge on any atom is -0.489 e. The van der Waals surface area contributed by atoms with Gasteiger partial charge in [0.25, 0.3) is 0 Å². The van der Waals surface area contributed by atoms with Crippen LogP contribution >= 0.6 is 11.6 Å². The molecule has 0 aliphatic carbocycles. The summed E-state index contributed by atoms with van der Waals surface area (Å²) in [4.78, 5) is 13.6. The van der Waals surface area contributed by atoms with E-state index < -0.39 is 6.10 Å². The van der Waals surface area contributed by atoms with Gasteiger partial charge in [-0.15, -0.1) is 0 Å². The smallest absolute Gasteiger partial charge is 0.221 e. The van der Waals surface area contributed by atoms with Gasteiger partial charge in [-0.3, -0.25) is 4.79 Å². The third-order valence-corrected chi connectivity index (χ3v) is 5.96. The maximum absolute atomic E-state index is 11.3. The maximum Gasteiger partial charge on any atom is 0.221 e. The van der Waals surface area contributed by atoms with Crippen LogP contribution in [-0.2, 0) is 11.2 Å². The summed E-state index contributed by atoms with van der Waals surface area (Å²) >= 11 is 6.12. The highest BCUT2D eigenvalue weighted by atomic mass is 35.5. The summed E-state index contributed by atoms with van der Waals surface area (Å²) in [6, 6.07) is 13.1. The van der Waals surface area contributed by atoms with E-state index in [2.05, 4.69) is 10.2 Å². The van der Waals surface area contributed by atoms with Crippen molar-refractivity contribution < 1.29 is 19.4 Å². The van der Waals surface area contributed by atoms with Gasteiger partial charge in [0.1, 0.15) is 29.8 Å². The van der Waals surface area contributed by atoms with Crippen LogP contribution < -0.4 is 14.8 Å². The number of anilines is 1. The van der Waals surface area contributed by atoms with Gasteiger partial charge in [-0.1, -0.05) is 23.7 Å². The van der Waals surface area contributed by atoms with Crippen LogP contribution in [0.5, 0.6) is 11.5 Å². The normalized spacial score (nSPS) is 18.5. The number of halogens is 1. The fourth-order valence-corrected chi connectivity index (χ4v) is 4.44. The minimum atomic E-state index is -0.620. The van der Waals surface area contributed by atoms with Crippen molar-refractivity contribution in [2.24, 2.45) is 0 Å². The highest BCUT2D eigenvalue weighted by Crippen LogP contribution is 2.41. The average molecular weight is 431 g/mol. The number of piperidine rings is 1. The number of amides is 1. The molecule has 0 unspecified atom stereocenters. The summed E-state index contributed by atoms with van der Waals surface area (Å²) in [6.45, 7) is 3.88. The molecule has 1 saturated heterocycles. The van der Waals surface area contributed by atoms with Gasteiger partial charge in [0.15, 0.2) is 0 Å². The molecule has 2 aromatic rings. The van der Waals surface area contributed by atoms with Crippen LogP contribution in [0.1, 0.15) is 25.3 Å². The Bertz CT molecular complexity index is 912. The van der Waals surface area contributed by atoms with E-state index in [4.69, 9.17) is 21.1 Å². The fraction of sp³-hybridized carbons (Fsp3) is 0.435. The number of ether oxygens (including phenoxy) is 2. The first-order valence-electron chi connectivity index (χ1n) is 10.3. The number of rotatable bonds is 6. The molecule has 1 fully saturated rings. The van der Waals surface area contributed by atoms with Crippen molar-refractivity contribution in [3.05, 3.63) is 53.1 Å². The van der Waals surface area contributed by atoms with Gasteiger partial charge >= 0.3 is 0 Å². The van der Waals surface area contributed by atoms with E-state index in [0.717, 1.165) is 43.1 Å². The number of aliphatic hydroxyl groups excluding tert-OH is 1. The zero-order chi connectivity index (χ0) is 21.1. The lowest BCUT2D eigenvalue weighted by atomic mass is 9.87. The Morgan fingerprint density at radius 1 is 1.30 bits per heavy atom. The molecule has 0 bridgehead atoms. The van der Waals surface area contributed by atoms with Crippen LogP contribution in [0.2, 0.25) is 5.02 Å². The van der Waals surface area contributed by atoms with Crippen molar-refractivity contribution in [1.29, 1.82) is 0 Å². The number of carbonyl (C=O) groups excluding carboxylic acids is 1. The van der Waals surface area contributed by atoms with E-state index in [9.17, 15) is 9.90 Å². The monoisotopic (exact) mass is 430 g/mol. The molecule has 2 aromatic carbocycles. The number of benzene rings is 2. The van der Waals surface area contributed by atoms with Crippen LogP contribution in [-0.4, -0.2) is 53.9 Å². The molecule has 0 radical (unpaired) electrons. The van der Waals surface area contributed by atoms with Gasteiger partial charge in [0.2, 0.25) is 5.91 Å². The van der Waals surface area contributed by atoms with E-state index in [-0.39, 0.29) is 18.1 Å². The van der Waals surface area contributed by atoms with Crippen molar-refractivity contribution in [2.75, 3.05) is 31.6 Å². The molecule has 1 atom stereocenters. The number of likely N-dealkylation sites (tertiary alicyclic amines) is 1. The molecule has 30 heavy (non-hydrogen) atoms. The summed E-state index contributed by atoms with van der Waals surface area (Å²) in [5.74, 6) is 1.34. The molecule has 0 saturated carbocycles.